The Morgan fingerprint density at radius 3 is 2.84 bits per heavy atom. The van der Waals surface area contributed by atoms with Crippen LogP contribution in [-0.4, -0.2) is 36.9 Å². The normalized spacial score (nSPS) is 21.7. The number of rotatable bonds is 3. The summed E-state index contributed by atoms with van der Waals surface area (Å²) in [6, 6.07) is 7.72. The predicted molar refractivity (Wildman–Crippen MR) is 70.5 cm³/mol. The van der Waals surface area contributed by atoms with Crippen molar-refractivity contribution in [3.8, 4) is 0 Å². The highest BCUT2D eigenvalue weighted by atomic mass is 19.3. The summed E-state index contributed by atoms with van der Waals surface area (Å²) in [7, 11) is 1.43. The Morgan fingerprint density at radius 2 is 2.16 bits per heavy atom. The maximum atomic E-state index is 12.4. The molecule has 1 aliphatic heterocycles. The molecule has 0 fully saturated rings. The first-order valence-corrected chi connectivity index (χ1v) is 6.37. The van der Waals surface area contributed by atoms with Crippen molar-refractivity contribution in [3.05, 3.63) is 29.8 Å². The van der Waals surface area contributed by atoms with Crippen LogP contribution < -0.4 is 5.32 Å². The van der Waals surface area contributed by atoms with Gasteiger partial charge in [0.1, 0.15) is 0 Å². The average Bonchev–Trinajstić information content (AvgIpc) is 2.36. The smallest absolute Gasteiger partial charge is 0.255 e. The average molecular weight is 268 g/mol. The first-order chi connectivity index (χ1) is 8.99. The Hall–Kier alpha value is -1.65. The number of hydrogen-bond acceptors (Lipinski definition) is 2. The van der Waals surface area contributed by atoms with Gasteiger partial charge >= 0.3 is 0 Å². The number of anilines is 1. The second kappa shape index (κ2) is 5.55. The van der Waals surface area contributed by atoms with Crippen LogP contribution in [0.15, 0.2) is 24.3 Å². The van der Waals surface area contributed by atoms with E-state index < -0.39 is 13.0 Å². The van der Waals surface area contributed by atoms with Gasteiger partial charge in [-0.2, -0.15) is 0 Å². The lowest BCUT2D eigenvalue weighted by atomic mass is 9.86. The van der Waals surface area contributed by atoms with Crippen LogP contribution in [0.5, 0.6) is 0 Å². The maximum absolute atomic E-state index is 12.4. The zero-order valence-corrected chi connectivity index (χ0v) is 11.1. The van der Waals surface area contributed by atoms with Crippen LogP contribution in [0, 0.1) is 0 Å². The quantitative estimate of drug-likeness (QED) is 0.914. The van der Waals surface area contributed by atoms with Crippen LogP contribution in [0.2, 0.25) is 0 Å². The summed E-state index contributed by atoms with van der Waals surface area (Å²) in [5, 5.41) is 3.31. The summed E-state index contributed by atoms with van der Waals surface area (Å²) in [5.41, 5.74) is 1.82. The van der Waals surface area contributed by atoms with Gasteiger partial charge in [0.05, 0.1) is 12.5 Å². The minimum atomic E-state index is -2.50. The Balaban J connectivity index is 2.22. The van der Waals surface area contributed by atoms with Crippen LogP contribution in [0.1, 0.15) is 24.8 Å². The molecule has 1 N–H and O–H groups in total. The molecule has 5 heteroatoms. The number of nitrogens with zero attached hydrogens (tertiary/aromatic N) is 1. The Bertz CT molecular complexity index is 465. The highest BCUT2D eigenvalue weighted by molar-refractivity contribution is 5.86. The molecule has 1 amide bonds. The summed E-state index contributed by atoms with van der Waals surface area (Å²) in [6.45, 7) is 1.47. The fourth-order valence-electron chi connectivity index (χ4n) is 2.53. The molecule has 0 bridgehead atoms. The van der Waals surface area contributed by atoms with Gasteiger partial charge in [0.15, 0.2) is 0 Å². The van der Waals surface area contributed by atoms with E-state index in [1.54, 1.807) is 0 Å². The van der Waals surface area contributed by atoms with E-state index in [0.29, 0.717) is 6.42 Å². The number of benzene rings is 1. The second-order valence-corrected chi connectivity index (χ2v) is 5.03. The van der Waals surface area contributed by atoms with Crippen LogP contribution in [0.3, 0.4) is 0 Å². The molecule has 0 spiro atoms. The molecule has 0 radical (unpaired) electrons. The number of carbonyl (C=O) groups excluding carboxylic acids is 1. The van der Waals surface area contributed by atoms with Gasteiger partial charge in [0, 0.05) is 18.8 Å². The molecular formula is C14H18F2N2O. The first-order valence-electron chi connectivity index (χ1n) is 6.37. The van der Waals surface area contributed by atoms with Gasteiger partial charge in [-0.1, -0.05) is 18.2 Å². The Kier molecular flexibility index (Phi) is 4.02. The Morgan fingerprint density at radius 1 is 1.47 bits per heavy atom. The van der Waals surface area contributed by atoms with Crippen molar-refractivity contribution in [2.75, 3.05) is 18.9 Å². The van der Waals surface area contributed by atoms with Gasteiger partial charge in [-0.25, -0.2) is 8.78 Å². The Labute approximate surface area is 111 Å². The number of hydrogen-bond donors (Lipinski definition) is 1. The molecule has 0 aliphatic carbocycles. The monoisotopic (exact) mass is 268 g/mol. The van der Waals surface area contributed by atoms with Gasteiger partial charge in [-0.05, 0) is 25.0 Å². The molecule has 0 aromatic heterocycles. The number of halogens is 2. The number of fused-ring (bicyclic) bond motifs is 1. The molecular weight excluding hydrogens is 250 g/mol. The van der Waals surface area contributed by atoms with Gasteiger partial charge in [0.2, 0.25) is 5.91 Å². The third-order valence-corrected chi connectivity index (χ3v) is 3.41. The van der Waals surface area contributed by atoms with Crippen LogP contribution in [-0.2, 0) is 4.79 Å². The summed E-state index contributed by atoms with van der Waals surface area (Å²) in [5.74, 6) is -0.572. The highest BCUT2D eigenvalue weighted by Crippen LogP contribution is 2.35. The zero-order valence-electron chi connectivity index (χ0n) is 11.1. The summed E-state index contributed by atoms with van der Waals surface area (Å²) in [6.07, 6.45) is -1.87. The largest absolute Gasteiger partial charge is 0.382 e. The molecule has 19 heavy (non-hydrogen) atoms. The van der Waals surface area contributed by atoms with E-state index in [2.05, 4.69) is 5.32 Å². The number of likely N-dealkylation sites (N-methyl/N-ethyl adjacent to an activating group) is 1. The molecule has 2 rings (SSSR count). The topological polar surface area (TPSA) is 32.3 Å². The molecule has 104 valence electrons. The van der Waals surface area contributed by atoms with E-state index in [0.717, 1.165) is 16.2 Å². The fraction of sp³-hybridized carbons (Fsp3) is 0.500. The number of carbonyl (C=O) groups is 1. The summed E-state index contributed by atoms with van der Waals surface area (Å²) >= 11 is 0. The van der Waals surface area contributed by atoms with E-state index in [1.165, 1.54) is 7.05 Å². The van der Waals surface area contributed by atoms with E-state index in [1.807, 2.05) is 31.2 Å². The zero-order chi connectivity index (χ0) is 14.0. The fourth-order valence-corrected chi connectivity index (χ4v) is 2.53. The number of nitrogens with one attached hydrogen (secondary N) is 1. The second-order valence-electron chi connectivity index (χ2n) is 5.03. The molecule has 2 unspecified atom stereocenters. The minimum absolute atomic E-state index is 0.156. The van der Waals surface area contributed by atoms with Crippen molar-refractivity contribution in [1.82, 2.24) is 4.90 Å². The third kappa shape index (κ3) is 3.03. The van der Waals surface area contributed by atoms with Crippen LogP contribution >= 0.6 is 0 Å². The van der Waals surface area contributed by atoms with E-state index in [9.17, 15) is 13.6 Å². The SMILES string of the molecule is CC1CC(C(=O)N(C)CC(F)F)c2ccccc2N1. The van der Waals surface area contributed by atoms with Crippen molar-refractivity contribution < 1.29 is 13.6 Å². The molecule has 3 nitrogen and oxygen atoms in total. The molecule has 1 heterocycles. The number of para-hydroxylation sites is 1. The van der Waals surface area contributed by atoms with E-state index >= 15 is 0 Å². The van der Waals surface area contributed by atoms with Crippen molar-refractivity contribution in [1.29, 1.82) is 0 Å². The number of alkyl halides is 2. The lowest BCUT2D eigenvalue weighted by Crippen LogP contribution is -2.39. The molecule has 0 saturated carbocycles. The van der Waals surface area contributed by atoms with Gasteiger partial charge in [-0.15, -0.1) is 0 Å². The van der Waals surface area contributed by atoms with E-state index in [4.69, 9.17) is 0 Å². The predicted octanol–water partition coefficient (Wildman–Crippen LogP) is 2.70. The van der Waals surface area contributed by atoms with Crippen molar-refractivity contribution in [2.24, 2.45) is 0 Å². The molecule has 1 aromatic carbocycles. The summed E-state index contributed by atoms with van der Waals surface area (Å²) in [4.78, 5) is 13.4. The van der Waals surface area contributed by atoms with Crippen molar-refractivity contribution in [3.63, 3.8) is 0 Å². The highest BCUT2D eigenvalue weighted by Gasteiger charge is 2.31. The lowest BCUT2D eigenvalue weighted by molar-refractivity contribution is -0.133. The van der Waals surface area contributed by atoms with Crippen LogP contribution in [0.4, 0.5) is 14.5 Å². The van der Waals surface area contributed by atoms with Crippen molar-refractivity contribution >= 4 is 11.6 Å². The van der Waals surface area contributed by atoms with Crippen molar-refractivity contribution in [2.45, 2.75) is 31.7 Å². The standard InChI is InChI=1S/C14H18F2N2O/c1-9-7-11(14(19)18(2)8-13(15)16)10-5-3-4-6-12(10)17-9/h3-6,9,11,13,17H,7-8H2,1-2H3. The van der Waals surface area contributed by atoms with Gasteiger partial charge in [-0.3, -0.25) is 4.79 Å². The molecule has 2 atom stereocenters. The third-order valence-electron chi connectivity index (χ3n) is 3.41. The first kappa shape index (κ1) is 13.8. The number of amides is 1. The lowest BCUT2D eigenvalue weighted by Gasteiger charge is -2.32. The summed E-state index contributed by atoms with van der Waals surface area (Å²) < 4.78 is 24.8. The minimum Gasteiger partial charge on any atom is -0.382 e. The van der Waals surface area contributed by atoms with Gasteiger partial charge < -0.3 is 10.2 Å². The molecule has 0 saturated heterocycles. The maximum Gasteiger partial charge on any atom is 0.255 e. The molecule has 1 aromatic rings. The van der Waals surface area contributed by atoms with E-state index in [-0.39, 0.29) is 17.9 Å². The van der Waals surface area contributed by atoms with Gasteiger partial charge in [0.25, 0.3) is 6.43 Å². The molecule has 1 aliphatic rings. The van der Waals surface area contributed by atoms with Crippen LogP contribution in [0.25, 0.3) is 0 Å².